The highest BCUT2D eigenvalue weighted by molar-refractivity contribution is 7.91. The van der Waals surface area contributed by atoms with Crippen LogP contribution in [0.15, 0.2) is 5.38 Å². The molecule has 0 spiro atoms. The summed E-state index contributed by atoms with van der Waals surface area (Å²) >= 11 is 1.23. The average molecular weight is 261 g/mol. The van der Waals surface area contributed by atoms with Crippen molar-refractivity contribution in [2.24, 2.45) is 0 Å². The average Bonchev–Trinajstić information content (AvgIpc) is 2.64. The van der Waals surface area contributed by atoms with E-state index in [0.717, 1.165) is 6.42 Å². The Morgan fingerprint density at radius 3 is 2.88 bits per heavy atom. The molecule has 1 aliphatic rings. The van der Waals surface area contributed by atoms with E-state index in [1.54, 1.807) is 0 Å². The Kier molecular flexibility index (Phi) is 2.98. The summed E-state index contributed by atoms with van der Waals surface area (Å²) in [4.78, 5) is 14.6. The number of carboxylic acid groups (broad SMARTS) is 1. The summed E-state index contributed by atoms with van der Waals surface area (Å²) in [5.74, 6) is -0.863. The summed E-state index contributed by atoms with van der Waals surface area (Å²) in [7, 11) is -2.97. The van der Waals surface area contributed by atoms with Crippen molar-refractivity contribution in [2.45, 2.75) is 18.8 Å². The molecule has 1 N–H and O–H groups in total. The zero-order valence-electron chi connectivity index (χ0n) is 8.42. The third-order valence-corrected chi connectivity index (χ3v) is 5.38. The molecule has 1 saturated heterocycles. The second kappa shape index (κ2) is 4.14. The number of aromatic carboxylic acids is 1. The van der Waals surface area contributed by atoms with Crippen molar-refractivity contribution in [3.63, 3.8) is 0 Å². The van der Waals surface area contributed by atoms with E-state index in [0.29, 0.717) is 11.4 Å². The second-order valence-electron chi connectivity index (χ2n) is 3.83. The van der Waals surface area contributed by atoms with Crippen LogP contribution < -0.4 is 0 Å². The molecule has 0 amide bonds. The number of carbonyl (C=O) groups is 1. The van der Waals surface area contributed by atoms with Gasteiger partial charge in [-0.15, -0.1) is 11.3 Å². The van der Waals surface area contributed by atoms with Gasteiger partial charge in [-0.05, 0) is 12.8 Å². The lowest BCUT2D eigenvalue weighted by Crippen LogP contribution is -2.23. The molecule has 1 aromatic heterocycles. The fraction of sp³-hybridized carbons (Fsp3) is 0.556. The van der Waals surface area contributed by atoms with Crippen molar-refractivity contribution in [3.05, 3.63) is 16.1 Å². The van der Waals surface area contributed by atoms with Crippen LogP contribution >= 0.6 is 11.3 Å². The highest BCUT2D eigenvalue weighted by Gasteiger charge is 2.28. The van der Waals surface area contributed by atoms with Gasteiger partial charge in [-0.2, -0.15) is 0 Å². The minimum absolute atomic E-state index is 0.00275. The fourth-order valence-corrected chi connectivity index (χ4v) is 4.54. The fourth-order valence-electron chi connectivity index (χ4n) is 1.79. The first kappa shape index (κ1) is 11.5. The molecule has 0 saturated carbocycles. The monoisotopic (exact) mass is 261 g/mol. The van der Waals surface area contributed by atoms with Crippen molar-refractivity contribution < 1.29 is 18.3 Å². The van der Waals surface area contributed by atoms with Gasteiger partial charge in [0.05, 0.1) is 16.5 Å². The third kappa shape index (κ3) is 2.41. The highest BCUT2D eigenvalue weighted by atomic mass is 32.2. The minimum Gasteiger partial charge on any atom is -0.476 e. The molecular formula is C9H11NO4S2. The molecule has 2 heterocycles. The van der Waals surface area contributed by atoms with Crippen LogP contribution in [0.2, 0.25) is 0 Å². The van der Waals surface area contributed by atoms with E-state index in [-0.39, 0.29) is 23.1 Å². The Bertz CT molecular complexity index is 505. The number of nitrogens with zero attached hydrogens (tertiary/aromatic N) is 1. The molecule has 16 heavy (non-hydrogen) atoms. The smallest absolute Gasteiger partial charge is 0.355 e. The number of aromatic nitrogens is 1. The van der Waals surface area contributed by atoms with Gasteiger partial charge in [0.1, 0.15) is 0 Å². The number of rotatable bonds is 2. The normalized spacial score (nSPS) is 24.1. The molecule has 1 aliphatic heterocycles. The predicted molar refractivity (Wildman–Crippen MR) is 59.7 cm³/mol. The molecule has 2 rings (SSSR count). The largest absolute Gasteiger partial charge is 0.476 e. The highest BCUT2D eigenvalue weighted by Crippen LogP contribution is 2.30. The molecule has 1 unspecified atom stereocenters. The molecule has 1 atom stereocenters. The minimum atomic E-state index is -2.97. The van der Waals surface area contributed by atoms with Gasteiger partial charge in [-0.1, -0.05) is 0 Å². The van der Waals surface area contributed by atoms with Crippen molar-refractivity contribution in [3.8, 4) is 0 Å². The summed E-state index contributed by atoms with van der Waals surface area (Å²) in [6.45, 7) is 0. The Morgan fingerprint density at radius 2 is 2.31 bits per heavy atom. The summed E-state index contributed by atoms with van der Waals surface area (Å²) in [5.41, 5.74) is 0.00275. The molecule has 0 aromatic carbocycles. The van der Waals surface area contributed by atoms with Crippen LogP contribution in [0.4, 0.5) is 0 Å². The predicted octanol–water partition coefficient (Wildman–Crippen LogP) is 1.13. The van der Waals surface area contributed by atoms with Gasteiger partial charge in [-0.25, -0.2) is 18.2 Å². The molecule has 0 aliphatic carbocycles. The van der Waals surface area contributed by atoms with Crippen molar-refractivity contribution in [1.82, 2.24) is 4.98 Å². The topological polar surface area (TPSA) is 84.3 Å². The second-order valence-corrected chi connectivity index (χ2v) is 6.95. The lowest BCUT2D eigenvalue weighted by atomic mass is 10.1. The maximum absolute atomic E-state index is 11.4. The SMILES string of the molecule is O=C(O)c1csc(C2CCCS(=O)(=O)C2)n1. The maximum atomic E-state index is 11.4. The lowest BCUT2D eigenvalue weighted by molar-refractivity contribution is 0.0691. The maximum Gasteiger partial charge on any atom is 0.355 e. The standard InChI is InChI=1S/C9H11NO4S2/c11-9(12)7-4-15-8(10-7)6-2-1-3-16(13,14)5-6/h4,6H,1-3,5H2,(H,11,12). The van der Waals surface area contributed by atoms with E-state index in [9.17, 15) is 13.2 Å². The summed E-state index contributed by atoms with van der Waals surface area (Å²) < 4.78 is 22.9. The van der Waals surface area contributed by atoms with Gasteiger partial charge in [0.15, 0.2) is 15.5 Å². The Labute approximate surface area is 97.1 Å². The number of hydrogen-bond donors (Lipinski definition) is 1. The first-order valence-electron chi connectivity index (χ1n) is 4.87. The van der Waals surface area contributed by atoms with E-state index < -0.39 is 15.8 Å². The van der Waals surface area contributed by atoms with Gasteiger partial charge in [0.2, 0.25) is 0 Å². The van der Waals surface area contributed by atoms with Gasteiger partial charge in [-0.3, -0.25) is 0 Å². The Hall–Kier alpha value is -0.950. The van der Waals surface area contributed by atoms with E-state index in [1.165, 1.54) is 16.7 Å². The van der Waals surface area contributed by atoms with E-state index in [4.69, 9.17) is 5.11 Å². The molecule has 5 nitrogen and oxygen atoms in total. The molecule has 1 fully saturated rings. The van der Waals surface area contributed by atoms with Gasteiger partial charge in [0.25, 0.3) is 0 Å². The zero-order chi connectivity index (χ0) is 11.8. The van der Waals surface area contributed by atoms with Crippen LogP contribution in [-0.4, -0.2) is 36.0 Å². The molecule has 0 radical (unpaired) electrons. The van der Waals surface area contributed by atoms with Crippen molar-refractivity contribution >= 4 is 27.1 Å². The van der Waals surface area contributed by atoms with Crippen LogP contribution in [0.5, 0.6) is 0 Å². The number of hydrogen-bond acceptors (Lipinski definition) is 5. The molecule has 88 valence electrons. The Morgan fingerprint density at radius 1 is 1.56 bits per heavy atom. The first-order valence-corrected chi connectivity index (χ1v) is 7.57. The van der Waals surface area contributed by atoms with Crippen LogP contribution in [0.25, 0.3) is 0 Å². The van der Waals surface area contributed by atoms with Crippen molar-refractivity contribution in [1.29, 1.82) is 0 Å². The van der Waals surface area contributed by atoms with Crippen LogP contribution in [-0.2, 0) is 9.84 Å². The number of thiazole rings is 1. The number of sulfone groups is 1. The summed E-state index contributed by atoms with van der Waals surface area (Å²) in [6, 6.07) is 0. The van der Waals surface area contributed by atoms with Crippen LogP contribution in [0, 0.1) is 0 Å². The molecular weight excluding hydrogens is 250 g/mol. The number of carboxylic acids is 1. The van der Waals surface area contributed by atoms with Gasteiger partial charge < -0.3 is 5.11 Å². The molecule has 1 aromatic rings. The quantitative estimate of drug-likeness (QED) is 0.862. The molecule has 7 heteroatoms. The van der Waals surface area contributed by atoms with Gasteiger partial charge >= 0.3 is 5.97 Å². The zero-order valence-corrected chi connectivity index (χ0v) is 10.1. The Balaban J connectivity index is 2.20. The first-order chi connectivity index (χ1) is 7.48. The van der Waals surface area contributed by atoms with E-state index in [1.807, 2.05) is 0 Å². The van der Waals surface area contributed by atoms with Crippen LogP contribution in [0.3, 0.4) is 0 Å². The van der Waals surface area contributed by atoms with E-state index in [2.05, 4.69) is 4.98 Å². The third-order valence-electron chi connectivity index (χ3n) is 2.55. The lowest BCUT2D eigenvalue weighted by Gasteiger charge is -2.19. The van der Waals surface area contributed by atoms with Gasteiger partial charge in [0, 0.05) is 11.3 Å². The summed E-state index contributed by atoms with van der Waals surface area (Å²) in [6.07, 6.45) is 1.40. The van der Waals surface area contributed by atoms with Crippen LogP contribution in [0.1, 0.15) is 34.3 Å². The van der Waals surface area contributed by atoms with E-state index >= 15 is 0 Å². The molecule has 0 bridgehead atoms. The summed E-state index contributed by atoms with van der Waals surface area (Å²) in [5, 5.41) is 10.8. The van der Waals surface area contributed by atoms with Crippen molar-refractivity contribution in [2.75, 3.05) is 11.5 Å².